The van der Waals surface area contributed by atoms with Gasteiger partial charge in [0.15, 0.2) is 0 Å². The van der Waals surface area contributed by atoms with Gasteiger partial charge in [0.1, 0.15) is 0 Å². The maximum Gasteiger partial charge on any atom is 0.330 e. The average molecular weight is 228 g/mol. The van der Waals surface area contributed by atoms with Crippen molar-refractivity contribution < 1.29 is 15.0 Å². The first-order chi connectivity index (χ1) is 7.16. The van der Waals surface area contributed by atoms with E-state index in [0.717, 1.165) is 18.8 Å². The average Bonchev–Trinajstić information content (AvgIpc) is 2.12. The third-order valence-electron chi connectivity index (χ3n) is 3.39. The van der Waals surface area contributed by atoms with Gasteiger partial charge in [-0.25, -0.2) is 4.79 Å². The van der Waals surface area contributed by atoms with Gasteiger partial charge in [-0.15, -0.1) is 0 Å². The summed E-state index contributed by atoms with van der Waals surface area (Å²) in [6.45, 7) is 11.4. The number of carboxylic acids is 1. The van der Waals surface area contributed by atoms with Crippen molar-refractivity contribution in [3.63, 3.8) is 0 Å². The summed E-state index contributed by atoms with van der Waals surface area (Å²) < 4.78 is 0. The Kier molecular flexibility index (Phi) is 5.73. The summed E-state index contributed by atoms with van der Waals surface area (Å²) in [5, 5.41) is 17.3. The third-order valence-corrected chi connectivity index (χ3v) is 3.39. The number of carboxylic acid groups (broad SMARTS) is 1. The van der Waals surface area contributed by atoms with Crippen molar-refractivity contribution in [3.8, 4) is 0 Å². The molecule has 0 aromatic heterocycles. The molecular weight excluding hydrogens is 204 g/mol. The molecule has 0 radical (unpaired) electrons. The Labute approximate surface area is 98.2 Å². The van der Waals surface area contributed by atoms with Crippen LogP contribution in [0.15, 0.2) is 12.2 Å². The number of aliphatic hydroxyl groups is 1. The second-order valence-electron chi connectivity index (χ2n) is 5.41. The molecule has 2 unspecified atom stereocenters. The Hall–Kier alpha value is -0.830. The quantitative estimate of drug-likeness (QED) is 0.678. The van der Waals surface area contributed by atoms with Crippen LogP contribution in [-0.4, -0.2) is 22.3 Å². The van der Waals surface area contributed by atoms with E-state index in [-0.39, 0.29) is 11.7 Å². The zero-order chi connectivity index (χ0) is 12.9. The van der Waals surface area contributed by atoms with Crippen molar-refractivity contribution >= 4 is 5.97 Å². The van der Waals surface area contributed by atoms with Crippen molar-refractivity contribution in [2.45, 2.75) is 53.1 Å². The minimum absolute atomic E-state index is 0.0359. The van der Waals surface area contributed by atoms with Gasteiger partial charge >= 0.3 is 5.97 Å². The van der Waals surface area contributed by atoms with Crippen molar-refractivity contribution in [3.05, 3.63) is 12.2 Å². The first-order valence-corrected chi connectivity index (χ1v) is 5.73. The van der Waals surface area contributed by atoms with Gasteiger partial charge in [-0.1, -0.05) is 27.4 Å². The highest BCUT2D eigenvalue weighted by atomic mass is 16.4. The number of hydrogen-bond acceptors (Lipinski definition) is 2. The number of carbonyl (C=O) groups is 1. The van der Waals surface area contributed by atoms with Crippen molar-refractivity contribution in [1.82, 2.24) is 0 Å². The second-order valence-corrected chi connectivity index (χ2v) is 5.41. The molecule has 2 N–H and O–H groups in total. The van der Waals surface area contributed by atoms with Gasteiger partial charge in [0.25, 0.3) is 0 Å². The fraction of sp³-hybridized carbons (Fsp3) is 0.769. The highest BCUT2D eigenvalue weighted by Gasteiger charge is 2.32. The topological polar surface area (TPSA) is 57.5 Å². The van der Waals surface area contributed by atoms with Gasteiger partial charge in [-0.3, -0.25) is 0 Å². The molecule has 3 nitrogen and oxygen atoms in total. The first-order valence-electron chi connectivity index (χ1n) is 5.73. The van der Waals surface area contributed by atoms with Crippen LogP contribution in [0.3, 0.4) is 0 Å². The standard InChI is InChI=1S/C9H18O.C4H6O2/c1-7-4-5-8(10)6-9(7,2)3;1-3(2)4(5)6/h7-8,10H,4-6H2,1-3H3;1H2,2H3,(H,5,6). The van der Waals surface area contributed by atoms with Crippen LogP contribution in [0.25, 0.3) is 0 Å². The van der Waals surface area contributed by atoms with E-state index < -0.39 is 5.97 Å². The molecule has 1 aliphatic rings. The van der Waals surface area contributed by atoms with E-state index in [9.17, 15) is 9.90 Å². The van der Waals surface area contributed by atoms with Gasteiger partial charge in [-0.05, 0) is 37.5 Å². The molecule has 1 aliphatic carbocycles. The van der Waals surface area contributed by atoms with Crippen LogP contribution in [0, 0.1) is 11.3 Å². The molecular formula is C13H24O3. The summed E-state index contributed by atoms with van der Waals surface area (Å²) in [6, 6.07) is 0. The summed E-state index contributed by atoms with van der Waals surface area (Å²) in [4.78, 5) is 9.60. The van der Waals surface area contributed by atoms with E-state index in [1.165, 1.54) is 13.3 Å². The second kappa shape index (κ2) is 6.04. The molecule has 1 saturated carbocycles. The molecule has 0 aliphatic heterocycles. The summed E-state index contributed by atoms with van der Waals surface area (Å²) in [5.41, 5.74) is 0.535. The van der Waals surface area contributed by atoms with Crippen LogP contribution in [0.1, 0.15) is 47.0 Å². The van der Waals surface area contributed by atoms with Gasteiger partial charge < -0.3 is 10.2 Å². The molecule has 0 saturated heterocycles. The predicted molar refractivity (Wildman–Crippen MR) is 65.3 cm³/mol. The summed E-state index contributed by atoms with van der Waals surface area (Å²) in [6.07, 6.45) is 3.14. The lowest BCUT2D eigenvalue weighted by Crippen LogP contribution is -2.32. The van der Waals surface area contributed by atoms with E-state index in [0.29, 0.717) is 5.41 Å². The van der Waals surface area contributed by atoms with E-state index in [1.54, 1.807) is 0 Å². The van der Waals surface area contributed by atoms with Crippen LogP contribution in [0.4, 0.5) is 0 Å². The van der Waals surface area contributed by atoms with Crippen LogP contribution < -0.4 is 0 Å². The number of rotatable bonds is 1. The molecule has 2 atom stereocenters. The Morgan fingerprint density at radius 1 is 1.38 bits per heavy atom. The Morgan fingerprint density at radius 3 is 2.06 bits per heavy atom. The normalized spacial score (nSPS) is 27.6. The summed E-state index contributed by atoms with van der Waals surface area (Å²) in [5.74, 6) is -0.161. The van der Waals surface area contributed by atoms with Crippen molar-refractivity contribution in [1.29, 1.82) is 0 Å². The van der Waals surface area contributed by atoms with Gasteiger partial charge in [-0.2, -0.15) is 0 Å². The van der Waals surface area contributed by atoms with E-state index in [2.05, 4.69) is 27.4 Å². The molecule has 0 heterocycles. The number of aliphatic hydroxyl groups excluding tert-OH is 1. The van der Waals surface area contributed by atoms with Crippen LogP contribution in [0.2, 0.25) is 0 Å². The maximum atomic E-state index is 9.60. The highest BCUT2D eigenvalue weighted by Crippen LogP contribution is 2.39. The van der Waals surface area contributed by atoms with Gasteiger partial charge in [0.05, 0.1) is 6.10 Å². The van der Waals surface area contributed by atoms with Crippen LogP contribution in [-0.2, 0) is 4.79 Å². The van der Waals surface area contributed by atoms with E-state index >= 15 is 0 Å². The third kappa shape index (κ3) is 5.31. The zero-order valence-electron chi connectivity index (χ0n) is 10.8. The lowest BCUT2D eigenvalue weighted by atomic mass is 9.69. The van der Waals surface area contributed by atoms with E-state index in [4.69, 9.17) is 5.11 Å². The van der Waals surface area contributed by atoms with Crippen LogP contribution >= 0.6 is 0 Å². The van der Waals surface area contributed by atoms with Crippen LogP contribution in [0.5, 0.6) is 0 Å². The molecule has 0 spiro atoms. The Morgan fingerprint density at radius 2 is 1.81 bits per heavy atom. The fourth-order valence-corrected chi connectivity index (χ4v) is 1.74. The molecule has 1 rings (SSSR count). The number of hydrogen-bond donors (Lipinski definition) is 2. The SMILES string of the molecule is C=C(C)C(=O)O.CC1CCC(O)CC1(C)C. The van der Waals surface area contributed by atoms with Crippen molar-refractivity contribution in [2.24, 2.45) is 11.3 Å². The van der Waals surface area contributed by atoms with E-state index in [1.807, 2.05) is 0 Å². The lowest BCUT2D eigenvalue weighted by Gasteiger charge is -2.38. The minimum atomic E-state index is -0.935. The Balaban J connectivity index is 0.000000325. The Bertz CT molecular complexity index is 244. The largest absolute Gasteiger partial charge is 0.478 e. The molecule has 0 bridgehead atoms. The van der Waals surface area contributed by atoms with Gasteiger partial charge in [0.2, 0.25) is 0 Å². The molecule has 0 amide bonds. The smallest absolute Gasteiger partial charge is 0.330 e. The minimum Gasteiger partial charge on any atom is -0.478 e. The monoisotopic (exact) mass is 228 g/mol. The molecule has 3 heteroatoms. The predicted octanol–water partition coefficient (Wildman–Crippen LogP) is 2.84. The maximum absolute atomic E-state index is 9.60. The zero-order valence-corrected chi connectivity index (χ0v) is 10.8. The molecule has 1 fully saturated rings. The summed E-state index contributed by atoms with van der Waals surface area (Å²) >= 11 is 0. The molecule has 94 valence electrons. The molecule has 0 aromatic carbocycles. The van der Waals surface area contributed by atoms with Gasteiger partial charge in [0, 0.05) is 5.57 Å². The highest BCUT2D eigenvalue weighted by molar-refractivity contribution is 5.84. The first kappa shape index (κ1) is 15.2. The number of aliphatic carboxylic acids is 1. The fourth-order valence-electron chi connectivity index (χ4n) is 1.74. The molecule has 16 heavy (non-hydrogen) atoms. The lowest BCUT2D eigenvalue weighted by molar-refractivity contribution is -0.132. The summed E-state index contributed by atoms with van der Waals surface area (Å²) in [7, 11) is 0. The molecule has 0 aromatic rings. The van der Waals surface area contributed by atoms with Crippen molar-refractivity contribution in [2.75, 3.05) is 0 Å².